The number of likely N-dealkylation sites (tertiary alicyclic amines) is 1. The average molecular weight is 408 g/mol. The molecule has 3 rings (SSSR count). The van der Waals surface area contributed by atoms with Crippen LogP contribution in [0.1, 0.15) is 18.4 Å². The van der Waals surface area contributed by atoms with Gasteiger partial charge in [0, 0.05) is 19.2 Å². The van der Waals surface area contributed by atoms with E-state index in [1.165, 1.54) is 18.2 Å². The van der Waals surface area contributed by atoms with Crippen molar-refractivity contribution in [2.24, 2.45) is 0 Å². The standard InChI is InChI=1S/C20H16N4O6/c21-13-15(20(25)22-9-1-2-10-22)11-14-3-6-17(7-4-14)30-19-8-5-16(23(26)27)12-18(19)24(28)29/h3-8,11-12H,1-2,9-10H2/b15-11+. The van der Waals surface area contributed by atoms with Gasteiger partial charge in [0.2, 0.25) is 5.75 Å². The summed E-state index contributed by atoms with van der Waals surface area (Å²) >= 11 is 0. The molecule has 2 aromatic rings. The van der Waals surface area contributed by atoms with E-state index >= 15 is 0 Å². The van der Waals surface area contributed by atoms with Crippen LogP contribution in [-0.4, -0.2) is 33.7 Å². The Morgan fingerprint density at radius 1 is 1.07 bits per heavy atom. The molecule has 1 amide bonds. The molecule has 10 nitrogen and oxygen atoms in total. The normalized spacial score (nSPS) is 13.6. The van der Waals surface area contributed by atoms with Crippen molar-refractivity contribution in [3.63, 3.8) is 0 Å². The van der Waals surface area contributed by atoms with Crippen molar-refractivity contribution < 1.29 is 19.4 Å². The number of hydrogen-bond donors (Lipinski definition) is 0. The van der Waals surface area contributed by atoms with Gasteiger partial charge in [-0.2, -0.15) is 5.26 Å². The molecule has 1 saturated heterocycles. The number of nitro groups is 2. The predicted molar refractivity (Wildman–Crippen MR) is 106 cm³/mol. The summed E-state index contributed by atoms with van der Waals surface area (Å²) in [6.07, 6.45) is 3.31. The van der Waals surface area contributed by atoms with Crippen LogP contribution in [0.5, 0.6) is 11.5 Å². The third-order valence-electron chi connectivity index (χ3n) is 4.51. The van der Waals surface area contributed by atoms with E-state index in [0.717, 1.165) is 31.0 Å². The second kappa shape index (κ2) is 8.83. The topological polar surface area (TPSA) is 140 Å². The zero-order valence-corrected chi connectivity index (χ0v) is 15.7. The molecule has 0 aromatic heterocycles. The van der Waals surface area contributed by atoms with Crippen LogP contribution in [-0.2, 0) is 4.79 Å². The second-order valence-electron chi connectivity index (χ2n) is 6.51. The lowest BCUT2D eigenvalue weighted by molar-refractivity contribution is -0.394. The van der Waals surface area contributed by atoms with Crippen LogP contribution in [0.25, 0.3) is 6.08 Å². The first-order chi connectivity index (χ1) is 14.4. The van der Waals surface area contributed by atoms with Gasteiger partial charge >= 0.3 is 5.69 Å². The number of rotatable bonds is 6. The highest BCUT2D eigenvalue weighted by molar-refractivity contribution is 6.01. The molecule has 1 aliphatic rings. The monoisotopic (exact) mass is 408 g/mol. The zero-order valence-electron chi connectivity index (χ0n) is 15.7. The second-order valence-corrected chi connectivity index (χ2v) is 6.51. The predicted octanol–water partition coefficient (Wildman–Crippen LogP) is 3.82. The van der Waals surface area contributed by atoms with Crippen LogP contribution in [0.3, 0.4) is 0 Å². The minimum Gasteiger partial charge on any atom is -0.450 e. The van der Waals surface area contributed by atoms with E-state index in [1.54, 1.807) is 17.0 Å². The third-order valence-corrected chi connectivity index (χ3v) is 4.51. The molecule has 0 N–H and O–H groups in total. The Morgan fingerprint density at radius 2 is 1.73 bits per heavy atom. The van der Waals surface area contributed by atoms with Gasteiger partial charge in [0.05, 0.1) is 15.9 Å². The van der Waals surface area contributed by atoms with Crippen molar-refractivity contribution in [2.45, 2.75) is 12.8 Å². The molecule has 2 aromatic carbocycles. The van der Waals surface area contributed by atoms with Crippen molar-refractivity contribution in [3.05, 3.63) is 73.8 Å². The fraction of sp³-hybridized carbons (Fsp3) is 0.200. The van der Waals surface area contributed by atoms with Crippen molar-refractivity contribution in [2.75, 3.05) is 13.1 Å². The summed E-state index contributed by atoms with van der Waals surface area (Å²) in [5.74, 6) is -0.193. The van der Waals surface area contributed by atoms with Crippen molar-refractivity contribution in [1.82, 2.24) is 4.90 Å². The summed E-state index contributed by atoms with van der Waals surface area (Å²) in [4.78, 5) is 34.5. The van der Waals surface area contributed by atoms with Crippen molar-refractivity contribution in [1.29, 1.82) is 5.26 Å². The minimum atomic E-state index is -0.761. The van der Waals surface area contributed by atoms with Crippen molar-refractivity contribution >= 4 is 23.4 Å². The molecule has 1 heterocycles. The molecular weight excluding hydrogens is 392 g/mol. The van der Waals surface area contributed by atoms with E-state index < -0.39 is 21.2 Å². The molecule has 0 radical (unpaired) electrons. The van der Waals surface area contributed by atoms with E-state index in [0.29, 0.717) is 18.7 Å². The van der Waals surface area contributed by atoms with E-state index in [9.17, 15) is 30.3 Å². The molecule has 0 spiro atoms. The highest BCUT2D eigenvalue weighted by atomic mass is 16.6. The van der Waals surface area contributed by atoms with E-state index in [2.05, 4.69) is 0 Å². The molecule has 0 aliphatic carbocycles. The Balaban J connectivity index is 1.79. The Kier molecular flexibility index (Phi) is 6.03. The Morgan fingerprint density at radius 3 is 2.30 bits per heavy atom. The molecule has 0 saturated carbocycles. The number of carbonyl (C=O) groups is 1. The minimum absolute atomic E-state index is 0.0246. The molecule has 1 aliphatic heterocycles. The fourth-order valence-corrected chi connectivity index (χ4v) is 3.01. The third kappa shape index (κ3) is 4.59. The van der Waals surface area contributed by atoms with Crippen LogP contribution >= 0.6 is 0 Å². The lowest BCUT2D eigenvalue weighted by Gasteiger charge is -2.14. The molecule has 30 heavy (non-hydrogen) atoms. The van der Waals surface area contributed by atoms with Gasteiger partial charge in [0.1, 0.15) is 17.4 Å². The van der Waals surface area contributed by atoms with Crippen LogP contribution < -0.4 is 4.74 Å². The van der Waals surface area contributed by atoms with Crippen molar-refractivity contribution in [3.8, 4) is 17.6 Å². The van der Waals surface area contributed by atoms with Crippen LogP contribution in [0, 0.1) is 31.6 Å². The first-order valence-corrected chi connectivity index (χ1v) is 9.01. The summed E-state index contributed by atoms with van der Waals surface area (Å²) in [6, 6.07) is 11.3. The Bertz CT molecular complexity index is 1070. The van der Waals surface area contributed by atoms with E-state index in [4.69, 9.17) is 4.74 Å². The maximum Gasteiger partial charge on any atom is 0.318 e. The Hall–Kier alpha value is -4.26. The van der Waals surface area contributed by atoms with Gasteiger partial charge in [0.15, 0.2) is 0 Å². The highest BCUT2D eigenvalue weighted by Gasteiger charge is 2.22. The first kappa shape index (κ1) is 20.5. The lowest BCUT2D eigenvalue weighted by atomic mass is 10.1. The smallest absolute Gasteiger partial charge is 0.318 e. The number of amides is 1. The van der Waals surface area contributed by atoms with Gasteiger partial charge in [-0.15, -0.1) is 0 Å². The van der Waals surface area contributed by atoms with Crippen LogP contribution in [0.2, 0.25) is 0 Å². The SMILES string of the molecule is N#C/C(=C\c1ccc(Oc2ccc([N+](=O)[O-])cc2[N+](=O)[O-])cc1)C(=O)N1CCCC1. The molecule has 10 heteroatoms. The number of benzene rings is 2. The molecule has 0 bridgehead atoms. The first-order valence-electron chi connectivity index (χ1n) is 9.01. The number of nitrogens with zero attached hydrogens (tertiary/aromatic N) is 4. The maximum atomic E-state index is 12.4. The number of hydrogen-bond acceptors (Lipinski definition) is 7. The number of carbonyl (C=O) groups excluding carboxylic acids is 1. The Labute approximate surface area is 170 Å². The van der Waals surface area contributed by atoms with E-state index in [1.807, 2.05) is 6.07 Å². The number of nitro benzene ring substituents is 2. The summed E-state index contributed by atoms with van der Waals surface area (Å²) in [7, 11) is 0. The van der Waals surface area contributed by atoms with Gasteiger partial charge < -0.3 is 9.64 Å². The summed E-state index contributed by atoms with van der Waals surface area (Å²) in [5.41, 5.74) is -0.335. The van der Waals surface area contributed by atoms with Gasteiger partial charge in [-0.25, -0.2) is 0 Å². The molecule has 152 valence electrons. The molecule has 1 fully saturated rings. The fourth-order valence-electron chi connectivity index (χ4n) is 3.01. The number of non-ortho nitro benzene ring substituents is 1. The quantitative estimate of drug-likeness (QED) is 0.306. The number of nitriles is 1. The summed E-state index contributed by atoms with van der Waals surface area (Å²) in [5, 5.41) is 31.3. The largest absolute Gasteiger partial charge is 0.450 e. The van der Waals surface area contributed by atoms with Gasteiger partial charge in [-0.1, -0.05) is 12.1 Å². The average Bonchev–Trinajstić information content (AvgIpc) is 3.27. The summed E-state index contributed by atoms with van der Waals surface area (Å²) < 4.78 is 5.50. The van der Waals surface area contributed by atoms with Crippen LogP contribution in [0.15, 0.2) is 48.0 Å². The maximum absolute atomic E-state index is 12.4. The molecular formula is C20H16N4O6. The molecule has 0 unspecified atom stereocenters. The van der Waals surface area contributed by atoms with E-state index in [-0.39, 0.29) is 23.0 Å². The lowest BCUT2D eigenvalue weighted by Crippen LogP contribution is -2.28. The highest BCUT2D eigenvalue weighted by Crippen LogP contribution is 2.34. The number of ether oxygens (including phenoxy) is 1. The zero-order chi connectivity index (χ0) is 21.7. The van der Waals surface area contributed by atoms with Crippen LogP contribution in [0.4, 0.5) is 11.4 Å². The van der Waals surface area contributed by atoms with Gasteiger partial charge in [-0.05, 0) is 42.7 Å². The molecule has 0 atom stereocenters. The van der Waals surface area contributed by atoms with Gasteiger partial charge in [-0.3, -0.25) is 25.0 Å². The van der Waals surface area contributed by atoms with Gasteiger partial charge in [0.25, 0.3) is 11.6 Å². The summed E-state index contributed by atoms with van der Waals surface area (Å²) in [6.45, 7) is 1.28.